The van der Waals surface area contributed by atoms with Gasteiger partial charge in [-0.3, -0.25) is 4.79 Å². The van der Waals surface area contributed by atoms with E-state index in [0.717, 1.165) is 12.8 Å². The zero-order chi connectivity index (χ0) is 18.6. The lowest BCUT2D eigenvalue weighted by atomic mass is 10.0. The lowest BCUT2D eigenvalue weighted by Gasteiger charge is -2.08. The number of rotatable bonds is 19. The van der Waals surface area contributed by atoms with Crippen LogP contribution in [0.15, 0.2) is 0 Å². The van der Waals surface area contributed by atoms with E-state index in [1.165, 1.54) is 83.5 Å². The molecule has 0 saturated carbocycles. The number of unbranched alkanes of at least 4 members (excludes halogenated alkanes) is 14. The van der Waals surface area contributed by atoms with E-state index in [1.807, 2.05) is 0 Å². The quantitative estimate of drug-likeness (QED) is 0.101. The molecule has 0 amide bonds. The summed E-state index contributed by atoms with van der Waals surface area (Å²) in [5.41, 5.74) is 0. The fourth-order valence-corrected chi connectivity index (χ4v) is 3.20. The van der Waals surface area contributed by atoms with Crippen molar-refractivity contribution in [2.75, 3.05) is 11.0 Å². The number of hydrogen-bond donors (Lipinski definition) is 1. The molecule has 0 saturated heterocycles. The van der Waals surface area contributed by atoms with Gasteiger partial charge in [-0.15, -0.1) is 0 Å². The average molecular weight is 468 g/mol. The summed E-state index contributed by atoms with van der Waals surface area (Å²) in [4.78, 5) is 11.5. The Morgan fingerprint density at radius 3 is 1.60 bits per heavy atom. The summed E-state index contributed by atoms with van der Waals surface area (Å²) < 4.78 is 5.62. The van der Waals surface area contributed by atoms with E-state index in [1.54, 1.807) is 0 Å². The summed E-state index contributed by atoms with van der Waals surface area (Å²) in [6, 6.07) is 0. The fourth-order valence-electron chi connectivity index (χ4n) is 2.95. The Hall–Kier alpha value is 0.160. The zero-order valence-electron chi connectivity index (χ0n) is 16.4. The van der Waals surface area contributed by atoms with Crippen LogP contribution in [0.1, 0.15) is 110 Å². The molecule has 3 nitrogen and oxygen atoms in total. The van der Waals surface area contributed by atoms with Crippen LogP contribution in [0, 0.1) is 0 Å². The minimum absolute atomic E-state index is 0.139. The molecule has 0 aliphatic rings. The Balaban J connectivity index is 3.12. The molecule has 0 aliphatic heterocycles. The second-order valence-corrected chi connectivity index (χ2v) is 8.07. The standard InChI is InChI=1S/C21H41IO3/c1-2-3-4-5-6-7-8-9-10-11-12-13-14-15-16-17-21(24)25-19-20(23)18-22/h20,23H,2-19H2,1H3. The first-order valence-electron chi connectivity index (χ1n) is 10.6. The molecule has 1 unspecified atom stereocenters. The van der Waals surface area contributed by atoms with Crippen LogP contribution in [-0.4, -0.2) is 28.2 Å². The molecule has 4 heteroatoms. The lowest BCUT2D eigenvalue weighted by molar-refractivity contribution is -0.146. The lowest BCUT2D eigenvalue weighted by Crippen LogP contribution is -2.19. The molecule has 0 aliphatic carbocycles. The molecule has 0 aromatic carbocycles. The maximum absolute atomic E-state index is 11.5. The fraction of sp³-hybridized carbons (Fsp3) is 0.952. The highest BCUT2D eigenvalue weighted by Crippen LogP contribution is 2.13. The van der Waals surface area contributed by atoms with Gasteiger partial charge >= 0.3 is 5.97 Å². The molecule has 0 aromatic rings. The molecule has 0 spiro atoms. The van der Waals surface area contributed by atoms with Gasteiger partial charge in [0.1, 0.15) is 6.61 Å². The van der Waals surface area contributed by atoms with E-state index in [-0.39, 0.29) is 12.6 Å². The maximum atomic E-state index is 11.5. The summed E-state index contributed by atoms with van der Waals surface area (Å²) in [6.45, 7) is 2.41. The smallest absolute Gasteiger partial charge is 0.305 e. The molecule has 0 fully saturated rings. The molecule has 0 rings (SSSR count). The van der Waals surface area contributed by atoms with Gasteiger partial charge in [-0.25, -0.2) is 0 Å². The van der Waals surface area contributed by atoms with Crippen molar-refractivity contribution in [3.63, 3.8) is 0 Å². The minimum atomic E-state index is -0.523. The normalized spacial score (nSPS) is 12.3. The van der Waals surface area contributed by atoms with Crippen LogP contribution in [-0.2, 0) is 9.53 Å². The molecule has 0 heterocycles. The van der Waals surface area contributed by atoms with Gasteiger partial charge in [0, 0.05) is 10.8 Å². The second-order valence-electron chi connectivity index (χ2n) is 7.19. The highest BCUT2D eigenvalue weighted by molar-refractivity contribution is 14.1. The second kappa shape index (κ2) is 20.5. The third-order valence-corrected chi connectivity index (χ3v) is 5.62. The molecular formula is C21H41IO3. The highest BCUT2D eigenvalue weighted by atomic mass is 127. The first-order chi connectivity index (χ1) is 12.2. The van der Waals surface area contributed by atoms with Gasteiger partial charge < -0.3 is 9.84 Å². The average Bonchev–Trinajstić information content (AvgIpc) is 2.62. The Morgan fingerprint density at radius 1 is 0.800 bits per heavy atom. The molecule has 0 bridgehead atoms. The third-order valence-electron chi connectivity index (χ3n) is 4.60. The van der Waals surface area contributed by atoms with Crippen molar-refractivity contribution in [2.24, 2.45) is 0 Å². The predicted octanol–water partition coefficient (Wildman–Crippen LogP) is 6.59. The van der Waals surface area contributed by atoms with Gasteiger partial charge in [-0.2, -0.15) is 0 Å². The van der Waals surface area contributed by atoms with Crippen LogP contribution in [0.5, 0.6) is 0 Å². The maximum Gasteiger partial charge on any atom is 0.305 e. The van der Waals surface area contributed by atoms with Gasteiger partial charge in [-0.1, -0.05) is 119 Å². The van der Waals surface area contributed by atoms with Gasteiger partial charge in [-0.05, 0) is 6.42 Å². The van der Waals surface area contributed by atoms with Crippen molar-refractivity contribution in [3.8, 4) is 0 Å². The number of aliphatic hydroxyl groups is 1. The van der Waals surface area contributed by atoms with Crippen molar-refractivity contribution in [1.29, 1.82) is 0 Å². The number of hydrogen-bond acceptors (Lipinski definition) is 3. The molecule has 1 atom stereocenters. The first kappa shape index (κ1) is 25.2. The molecule has 1 N–H and O–H groups in total. The summed E-state index contributed by atoms with van der Waals surface area (Å²) in [5.74, 6) is -0.168. The number of carbonyl (C=O) groups is 1. The van der Waals surface area contributed by atoms with E-state index in [4.69, 9.17) is 4.74 Å². The monoisotopic (exact) mass is 468 g/mol. The summed E-state index contributed by atoms with van der Waals surface area (Å²) in [5, 5.41) is 9.33. The summed E-state index contributed by atoms with van der Waals surface area (Å²) in [7, 11) is 0. The van der Waals surface area contributed by atoms with Crippen LogP contribution in [0.3, 0.4) is 0 Å². The van der Waals surface area contributed by atoms with Crippen LogP contribution < -0.4 is 0 Å². The van der Waals surface area contributed by atoms with Crippen molar-refractivity contribution < 1.29 is 14.6 Å². The Morgan fingerprint density at radius 2 is 1.20 bits per heavy atom. The Labute approximate surface area is 169 Å². The van der Waals surface area contributed by atoms with Crippen molar-refractivity contribution in [1.82, 2.24) is 0 Å². The van der Waals surface area contributed by atoms with Gasteiger partial charge in [0.05, 0.1) is 6.10 Å². The van der Waals surface area contributed by atoms with E-state index in [0.29, 0.717) is 10.8 Å². The summed E-state index contributed by atoms with van der Waals surface area (Å²) >= 11 is 2.08. The Kier molecular flexibility index (Phi) is 20.6. The molecular weight excluding hydrogens is 427 g/mol. The zero-order valence-corrected chi connectivity index (χ0v) is 18.6. The Bertz CT molecular complexity index is 284. The number of ether oxygens (including phenoxy) is 1. The molecule has 150 valence electrons. The van der Waals surface area contributed by atoms with Gasteiger partial charge in [0.25, 0.3) is 0 Å². The van der Waals surface area contributed by atoms with Crippen LogP contribution in [0.4, 0.5) is 0 Å². The predicted molar refractivity (Wildman–Crippen MR) is 115 cm³/mol. The summed E-state index contributed by atoms with van der Waals surface area (Å²) in [6.07, 6.45) is 19.9. The number of aliphatic hydroxyl groups excluding tert-OH is 1. The number of carbonyl (C=O) groups excluding carboxylic acids is 1. The van der Waals surface area contributed by atoms with Crippen LogP contribution >= 0.6 is 22.6 Å². The van der Waals surface area contributed by atoms with Crippen molar-refractivity contribution in [2.45, 2.75) is 116 Å². The van der Waals surface area contributed by atoms with E-state index >= 15 is 0 Å². The number of halogens is 1. The van der Waals surface area contributed by atoms with Crippen LogP contribution in [0.25, 0.3) is 0 Å². The van der Waals surface area contributed by atoms with Gasteiger partial charge in [0.2, 0.25) is 0 Å². The minimum Gasteiger partial charge on any atom is -0.463 e. The number of alkyl halides is 1. The largest absolute Gasteiger partial charge is 0.463 e. The highest BCUT2D eigenvalue weighted by Gasteiger charge is 2.07. The molecule has 0 radical (unpaired) electrons. The van der Waals surface area contributed by atoms with Crippen molar-refractivity contribution >= 4 is 28.6 Å². The number of esters is 1. The van der Waals surface area contributed by atoms with E-state index in [2.05, 4.69) is 29.5 Å². The van der Waals surface area contributed by atoms with Gasteiger partial charge in [0.15, 0.2) is 0 Å². The topological polar surface area (TPSA) is 46.5 Å². The molecule has 0 aromatic heterocycles. The molecule has 25 heavy (non-hydrogen) atoms. The third kappa shape index (κ3) is 20.3. The van der Waals surface area contributed by atoms with E-state index < -0.39 is 6.10 Å². The van der Waals surface area contributed by atoms with Crippen molar-refractivity contribution in [3.05, 3.63) is 0 Å². The first-order valence-corrected chi connectivity index (χ1v) is 12.1. The SMILES string of the molecule is CCCCCCCCCCCCCCCCCC(=O)OCC(O)CI. The van der Waals surface area contributed by atoms with E-state index in [9.17, 15) is 9.90 Å². The van der Waals surface area contributed by atoms with Crippen LogP contribution in [0.2, 0.25) is 0 Å².